The van der Waals surface area contributed by atoms with E-state index < -0.39 is 22.8 Å². The Morgan fingerprint density at radius 3 is 2.76 bits per heavy atom. The fourth-order valence-corrected chi connectivity index (χ4v) is 2.41. The predicted molar refractivity (Wildman–Crippen MR) is 75.7 cm³/mol. The summed E-state index contributed by atoms with van der Waals surface area (Å²) in [5.41, 5.74) is -0.100. The summed E-state index contributed by atoms with van der Waals surface area (Å²) in [7, 11) is 0. The van der Waals surface area contributed by atoms with Gasteiger partial charge in [0.2, 0.25) is 5.91 Å². The lowest BCUT2D eigenvalue weighted by Gasteiger charge is -2.12. The smallest absolute Gasteiger partial charge is 0.252 e. The lowest BCUT2D eigenvalue weighted by atomic mass is 10.3. The largest absolute Gasteiger partial charge is 0.618 e. The number of amides is 1. The minimum absolute atomic E-state index is 0.100. The third-order valence-electron chi connectivity index (χ3n) is 2.64. The zero-order chi connectivity index (χ0) is 15.4. The number of carbonyl (C=O) groups is 1. The minimum Gasteiger partial charge on any atom is -0.618 e. The minimum atomic E-state index is -0.848. The van der Waals surface area contributed by atoms with Crippen molar-refractivity contribution in [1.82, 2.24) is 0 Å². The molecule has 0 saturated heterocycles. The molecule has 1 heterocycles. The molecule has 7 heteroatoms. The van der Waals surface area contributed by atoms with Gasteiger partial charge < -0.3 is 10.5 Å². The summed E-state index contributed by atoms with van der Waals surface area (Å²) in [4.78, 5) is 12.0. The van der Waals surface area contributed by atoms with E-state index in [1.807, 2.05) is 0 Å². The van der Waals surface area contributed by atoms with Crippen molar-refractivity contribution in [3.8, 4) is 0 Å². The van der Waals surface area contributed by atoms with E-state index in [2.05, 4.69) is 5.32 Å². The Morgan fingerprint density at radius 2 is 2.10 bits per heavy atom. The van der Waals surface area contributed by atoms with Gasteiger partial charge in [-0.05, 0) is 36.9 Å². The standard InChI is InChI=1S/C14H12F2N2O2S/c1-9(21-13-4-2-3-7-18(13)20)14(19)17-12-6-5-10(15)8-11(12)16/h2-9H,1H3,(H,17,19). The first kappa shape index (κ1) is 15.2. The molecule has 0 saturated carbocycles. The van der Waals surface area contributed by atoms with Crippen molar-refractivity contribution in [3.05, 3.63) is 59.4 Å². The van der Waals surface area contributed by atoms with Gasteiger partial charge in [-0.25, -0.2) is 8.78 Å². The van der Waals surface area contributed by atoms with E-state index in [-0.39, 0.29) is 5.69 Å². The van der Waals surface area contributed by atoms with Crippen molar-refractivity contribution in [2.75, 3.05) is 5.32 Å². The lowest BCUT2D eigenvalue weighted by Crippen LogP contribution is -2.30. The molecule has 110 valence electrons. The van der Waals surface area contributed by atoms with Crippen LogP contribution in [-0.4, -0.2) is 11.2 Å². The molecule has 1 aromatic carbocycles. The second-order valence-electron chi connectivity index (χ2n) is 4.24. The van der Waals surface area contributed by atoms with Crippen molar-refractivity contribution in [2.24, 2.45) is 0 Å². The molecule has 0 bridgehead atoms. The summed E-state index contributed by atoms with van der Waals surface area (Å²) in [6, 6.07) is 7.74. The van der Waals surface area contributed by atoms with E-state index in [4.69, 9.17) is 0 Å². The van der Waals surface area contributed by atoms with Crippen LogP contribution in [0.2, 0.25) is 0 Å². The molecule has 0 aliphatic carbocycles. The van der Waals surface area contributed by atoms with Crippen LogP contribution < -0.4 is 10.0 Å². The Morgan fingerprint density at radius 1 is 1.33 bits per heavy atom. The molecule has 1 N–H and O–H groups in total. The van der Waals surface area contributed by atoms with Gasteiger partial charge in [0.05, 0.1) is 10.9 Å². The Bertz CT molecular complexity index is 667. The molecule has 1 unspecified atom stereocenters. The van der Waals surface area contributed by atoms with Gasteiger partial charge in [-0.3, -0.25) is 4.79 Å². The van der Waals surface area contributed by atoms with Crippen LogP contribution in [0.4, 0.5) is 14.5 Å². The van der Waals surface area contributed by atoms with Gasteiger partial charge in [0.1, 0.15) is 11.6 Å². The number of hydrogen-bond acceptors (Lipinski definition) is 3. The van der Waals surface area contributed by atoms with Crippen LogP contribution in [0, 0.1) is 16.8 Å². The van der Waals surface area contributed by atoms with Crippen LogP contribution in [0.3, 0.4) is 0 Å². The number of aromatic nitrogens is 1. The van der Waals surface area contributed by atoms with E-state index in [0.29, 0.717) is 15.8 Å². The van der Waals surface area contributed by atoms with Gasteiger partial charge in [-0.2, -0.15) is 4.73 Å². The number of hydrogen-bond donors (Lipinski definition) is 1. The van der Waals surface area contributed by atoms with E-state index in [1.165, 1.54) is 6.20 Å². The highest BCUT2D eigenvalue weighted by molar-refractivity contribution is 8.00. The fourth-order valence-electron chi connectivity index (χ4n) is 1.56. The number of nitrogens with one attached hydrogen (secondary N) is 1. The van der Waals surface area contributed by atoms with Crippen molar-refractivity contribution in [2.45, 2.75) is 17.2 Å². The highest BCUT2D eigenvalue weighted by Crippen LogP contribution is 2.22. The molecular weight excluding hydrogens is 298 g/mol. The lowest BCUT2D eigenvalue weighted by molar-refractivity contribution is -0.645. The van der Waals surface area contributed by atoms with E-state index in [9.17, 15) is 18.8 Å². The number of benzene rings is 1. The predicted octanol–water partition coefficient (Wildman–Crippen LogP) is 2.72. The summed E-state index contributed by atoms with van der Waals surface area (Å²) in [5.74, 6) is -2.04. The van der Waals surface area contributed by atoms with Crippen LogP contribution in [0.1, 0.15) is 6.92 Å². The van der Waals surface area contributed by atoms with Crippen molar-refractivity contribution >= 4 is 23.4 Å². The molecule has 0 fully saturated rings. The second kappa shape index (κ2) is 6.53. The molecule has 1 aromatic heterocycles. The first-order valence-corrected chi connectivity index (χ1v) is 6.96. The third kappa shape index (κ3) is 3.91. The van der Waals surface area contributed by atoms with Crippen molar-refractivity contribution < 1.29 is 18.3 Å². The molecule has 21 heavy (non-hydrogen) atoms. The molecular formula is C14H12F2N2O2S. The SMILES string of the molecule is CC(Sc1cccc[n+]1[O-])C(=O)Nc1ccc(F)cc1F. The van der Waals surface area contributed by atoms with Gasteiger partial charge in [0, 0.05) is 18.2 Å². The Balaban J connectivity index is 2.04. The molecule has 2 rings (SSSR count). The number of anilines is 1. The maximum absolute atomic E-state index is 13.4. The van der Waals surface area contributed by atoms with Crippen LogP contribution in [-0.2, 0) is 4.79 Å². The zero-order valence-electron chi connectivity index (χ0n) is 11.0. The average molecular weight is 310 g/mol. The molecule has 1 atom stereocenters. The third-order valence-corrected chi connectivity index (χ3v) is 3.77. The number of nitrogens with zero attached hydrogens (tertiary/aromatic N) is 1. The average Bonchev–Trinajstić information content (AvgIpc) is 2.44. The summed E-state index contributed by atoms with van der Waals surface area (Å²) in [6.07, 6.45) is 1.33. The molecule has 2 aromatic rings. The van der Waals surface area contributed by atoms with Crippen LogP contribution >= 0.6 is 11.8 Å². The summed E-state index contributed by atoms with van der Waals surface area (Å²) in [5, 5.41) is 13.6. The second-order valence-corrected chi connectivity index (χ2v) is 5.60. The normalized spacial score (nSPS) is 12.0. The number of thioether (sulfide) groups is 1. The molecule has 0 aliphatic heterocycles. The van der Waals surface area contributed by atoms with Gasteiger partial charge in [-0.15, -0.1) is 0 Å². The van der Waals surface area contributed by atoms with Crippen molar-refractivity contribution in [1.29, 1.82) is 0 Å². The summed E-state index contributed by atoms with van der Waals surface area (Å²) >= 11 is 1.05. The van der Waals surface area contributed by atoms with Crippen molar-refractivity contribution in [3.63, 3.8) is 0 Å². The first-order chi connectivity index (χ1) is 9.97. The first-order valence-electron chi connectivity index (χ1n) is 6.08. The Labute approximate surface area is 124 Å². The molecule has 1 amide bonds. The van der Waals surface area contributed by atoms with Crippen LogP contribution in [0.15, 0.2) is 47.6 Å². The topological polar surface area (TPSA) is 56.0 Å². The monoisotopic (exact) mass is 310 g/mol. The zero-order valence-corrected chi connectivity index (χ0v) is 11.9. The quantitative estimate of drug-likeness (QED) is 0.537. The number of halogens is 2. The molecule has 0 spiro atoms. The molecule has 0 radical (unpaired) electrons. The highest BCUT2D eigenvalue weighted by Gasteiger charge is 2.19. The number of pyridine rings is 1. The van der Waals surface area contributed by atoms with E-state index in [1.54, 1.807) is 25.1 Å². The summed E-state index contributed by atoms with van der Waals surface area (Å²) < 4.78 is 26.9. The number of carbonyl (C=O) groups excluding carboxylic acids is 1. The van der Waals surface area contributed by atoms with E-state index in [0.717, 1.165) is 23.9 Å². The summed E-state index contributed by atoms with van der Waals surface area (Å²) in [6.45, 7) is 1.59. The molecule has 4 nitrogen and oxygen atoms in total. The van der Waals surface area contributed by atoms with E-state index >= 15 is 0 Å². The Hall–Kier alpha value is -2.15. The maximum Gasteiger partial charge on any atom is 0.252 e. The van der Waals surface area contributed by atoms with Gasteiger partial charge in [-0.1, -0.05) is 0 Å². The van der Waals surface area contributed by atoms with Crippen LogP contribution in [0.5, 0.6) is 0 Å². The van der Waals surface area contributed by atoms with Gasteiger partial charge in [0.25, 0.3) is 5.03 Å². The number of rotatable bonds is 4. The van der Waals surface area contributed by atoms with Gasteiger partial charge >= 0.3 is 0 Å². The van der Waals surface area contributed by atoms with Gasteiger partial charge in [0.15, 0.2) is 6.20 Å². The Kier molecular flexibility index (Phi) is 4.74. The fraction of sp³-hybridized carbons (Fsp3) is 0.143. The highest BCUT2D eigenvalue weighted by atomic mass is 32.2. The van der Waals surface area contributed by atoms with Crippen LogP contribution in [0.25, 0.3) is 0 Å². The maximum atomic E-state index is 13.4. The molecule has 0 aliphatic rings.